The highest BCUT2D eigenvalue weighted by molar-refractivity contribution is 8.13. The number of hydrogen-bond donors (Lipinski definition) is 2. The number of nitrogens with one attached hydrogen (secondary N) is 1. The highest BCUT2D eigenvalue weighted by Crippen LogP contribution is 2.35. The lowest BCUT2D eigenvalue weighted by Crippen LogP contribution is -2.28. The molecule has 1 amide bonds. The fraction of sp³-hybridized carbons (Fsp3) is 0.312. The molecule has 1 unspecified atom stereocenters. The molecule has 2 rings (SSSR count). The van der Waals surface area contributed by atoms with Gasteiger partial charge in [0.15, 0.2) is 5.17 Å². The van der Waals surface area contributed by atoms with Gasteiger partial charge in [0.05, 0.1) is 5.54 Å². The SMILES string of the molecule is C=N/C(=C\SC)C(=O)Nc1cccc(C2(C)CCSC(N)=N2)c1. The van der Waals surface area contributed by atoms with Crippen molar-refractivity contribution < 1.29 is 4.79 Å². The number of nitrogens with two attached hydrogens (primary N) is 1. The van der Waals surface area contributed by atoms with Crippen LogP contribution in [-0.4, -0.2) is 29.8 Å². The number of amidine groups is 1. The van der Waals surface area contributed by atoms with Crippen LogP contribution in [0.4, 0.5) is 5.69 Å². The lowest BCUT2D eigenvalue weighted by atomic mass is 9.89. The number of amides is 1. The first-order valence-electron chi connectivity index (χ1n) is 7.08. The molecule has 5 nitrogen and oxygen atoms in total. The van der Waals surface area contributed by atoms with Crippen molar-refractivity contribution in [3.8, 4) is 0 Å². The summed E-state index contributed by atoms with van der Waals surface area (Å²) in [4.78, 5) is 20.5. The van der Waals surface area contributed by atoms with Crippen molar-refractivity contribution in [2.75, 3.05) is 17.3 Å². The zero-order valence-electron chi connectivity index (χ0n) is 13.2. The van der Waals surface area contributed by atoms with E-state index in [-0.39, 0.29) is 11.4 Å². The third-order valence-electron chi connectivity index (χ3n) is 3.57. The molecule has 0 fully saturated rings. The fourth-order valence-electron chi connectivity index (χ4n) is 2.30. The molecular weight excluding hydrogens is 328 g/mol. The molecule has 0 radical (unpaired) electrons. The number of benzene rings is 1. The zero-order valence-corrected chi connectivity index (χ0v) is 14.8. The van der Waals surface area contributed by atoms with Gasteiger partial charge in [-0.2, -0.15) is 0 Å². The summed E-state index contributed by atoms with van der Waals surface area (Å²) >= 11 is 2.98. The summed E-state index contributed by atoms with van der Waals surface area (Å²) in [6, 6.07) is 7.69. The molecule has 0 saturated heterocycles. The summed E-state index contributed by atoms with van der Waals surface area (Å²) in [5.41, 5.74) is 7.55. The Morgan fingerprint density at radius 1 is 1.61 bits per heavy atom. The fourth-order valence-corrected chi connectivity index (χ4v) is 3.68. The van der Waals surface area contributed by atoms with E-state index in [1.54, 1.807) is 17.2 Å². The van der Waals surface area contributed by atoms with E-state index in [1.165, 1.54) is 11.8 Å². The van der Waals surface area contributed by atoms with Crippen LogP contribution in [0, 0.1) is 0 Å². The van der Waals surface area contributed by atoms with Crippen molar-refractivity contribution in [1.82, 2.24) is 0 Å². The molecule has 1 atom stereocenters. The van der Waals surface area contributed by atoms with Gasteiger partial charge in [-0.15, -0.1) is 11.8 Å². The summed E-state index contributed by atoms with van der Waals surface area (Å²) in [5, 5.41) is 5.12. The smallest absolute Gasteiger partial charge is 0.274 e. The van der Waals surface area contributed by atoms with Crippen molar-refractivity contribution in [2.45, 2.75) is 18.9 Å². The van der Waals surface area contributed by atoms with E-state index in [9.17, 15) is 4.79 Å². The summed E-state index contributed by atoms with van der Waals surface area (Å²) in [6.07, 6.45) is 2.77. The first kappa shape index (κ1) is 17.6. The van der Waals surface area contributed by atoms with E-state index in [1.807, 2.05) is 30.5 Å². The number of rotatable bonds is 5. The second-order valence-electron chi connectivity index (χ2n) is 5.25. The predicted octanol–water partition coefficient (Wildman–Crippen LogP) is 3.20. The van der Waals surface area contributed by atoms with Gasteiger partial charge in [-0.1, -0.05) is 23.9 Å². The lowest BCUT2D eigenvalue weighted by molar-refractivity contribution is -0.112. The predicted molar refractivity (Wildman–Crippen MR) is 102 cm³/mol. The maximum atomic E-state index is 12.2. The molecule has 1 aromatic rings. The Balaban J connectivity index is 2.24. The molecule has 122 valence electrons. The quantitative estimate of drug-likeness (QED) is 0.632. The van der Waals surface area contributed by atoms with Crippen molar-refractivity contribution >= 4 is 47.0 Å². The number of hydrogen-bond acceptors (Lipinski definition) is 6. The maximum Gasteiger partial charge on any atom is 0.274 e. The van der Waals surface area contributed by atoms with Crippen LogP contribution in [0.3, 0.4) is 0 Å². The standard InChI is InChI=1S/C16H20N4OS2/c1-16(7-8-23-15(17)20-16)11-5-4-6-12(9-11)19-14(21)13(18-2)10-22-3/h4-6,9-10H,2,7-8H2,1,3H3,(H2,17,20)(H,19,21)/b13-10-. The molecule has 1 aliphatic heterocycles. The third-order valence-corrected chi connectivity index (χ3v) is 4.82. The first-order chi connectivity index (χ1) is 11.0. The lowest BCUT2D eigenvalue weighted by Gasteiger charge is -2.30. The molecule has 7 heteroatoms. The van der Waals surface area contributed by atoms with Crippen molar-refractivity contribution in [3.05, 3.63) is 40.9 Å². The van der Waals surface area contributed by atoms with E-state index >= 15 is 0 Å². The summed E-state index contributed by atoms with van der Waals surface area (Å²) < 4.78 is 0. The molecule has 23 heavy (non-hydrogen) atoms. The molecule has 3 N–H and O–H groups in total. The summed E-state index contributed by atoms with van der Waals surface area (Å²) in [5.74, 6) is 0.655. The van der Waals surface area contributed by atoms with E-state index in [0.29, 0.717) is 16.6 Å². The Morgan fingerprint density at radius 3 is 3.04 bits per heavy atom. The van der Waals surface area contributed by atoms with E-state index in [4.69, 9.17) is 5.73 Å². The number of carbonyl (C=O) groups excluding carboxylic acids is 1. The van der Waals surface area contributed by atoms with Gasteiger partial charge < -0.3 is 11.1 Å². The van der Waals surface area contributed by atoms with E-state index in [0.717, 1.165) is 17.7 Å². The van der Waals surface area contributed by atoms with Crippen LogP contribution in [0.2, 0.25) is 0 Å². The highest BCUT2D eigenvalue weighted by atomic mass is 32.2. The average molecular weight is 348 g/mol. The molecule has 1 aromatic carbocycles. The monoisotopic (exact) mass is 348 g/mol. The van der Waals surface area contributed by atoms with Gasteiger partial charge >= 0.3 is 0 Å². The third kappa shape index (κ3) is 4.39. The molecule has 0 spiro atoms. The summed E-state index contributed by atoms with van der Waals surface area (Å²) in [7, 11) is 0. The van der Waals surface area contributed by atoms with Crippen LogP contribution in [0.15, 0.2) is 45.4 Å². The highest BCUT2D eigenvalue weighted by Gasteiger charge is 2.29. The summed E-state index contributed by atoms with van der Waals surface area (Å²) in [6.45, 7) is 5.49. The van der Waals surface area contributed by atoms with Crippen molar-refractivity contribution in [3.63, 3.8) is 0 Å². The van der Waals surface area contributed by atoms with Gasteiger partial charge in [-0.3, -0.25) is 14.8 Å². The second kappa shape index (κ2) is 7.70. The van der Waals surface area contributed by atoms with Gasteiger partial charge in [0.1, 0.15) is 5.70 Å². The minimum Gasteiger partial charge on any atom is -0.379 e. The molecular formula is C16H20N4OS2. The second-order valence-corrected chi connectivity index (χ2v) is 7.08. The van der Waals surface area contributed by atoms with Crippen LogP contribution in [-0.2, 0) is 10.3 Å². The van der Waals surface area contributed by atoms with Crippen LogP contribution < -0.4 is 11.1 Å². The molecule has 1 heterocycles. The number of anilines is 1. The van der Waals surface area contributed by atoms with Gasteiger partial charge in [0.2, 0.25) is 0 Å². The van der Waals surface area contributed by atoms with Crippen molar-refractivity contribution in [2.24, 2.45) is 15.7 Å². The van der Waals surface area contributed by atoms with Gasteiger partial charge in [-0.05, 0) is 44.0 Å². The largest absolute Gasteiger partial charge is 0.379 e. The average Bonchev–Trinajstić information content (AvgIpc) is 2.52. The van der Waals surface area contributed by atoms with Crippen LogP contribution >= 0.6 is 23.5 Å². The van der Waals surface area contributed by atoms with Gasteiger partial charge in [0, 0.05) is 16.8 Å². The molecule has 0 aliphatic carbocycles. The van der Waals surface area contributed by atoms with Crippen LogP contribution in [0.25, 0.3) is 0 Å². The molecule has 0 aromatic heterocycles. The number of carbonyl (C=O) groups is 1. The first-order valence-corrected chi connectivity index (χ1v) is 9.35. The Morgan fingerprint density at radius 2 is 2.39 bits per heavy atom. The topological polar surface area (TPSA) is 79.8 Å². The van der Waals surface area contributed by atoms with Crippen LogP contribution in [0.1, 0.15) is 18.9 Å². The van der Waals surface area contributed by atoms with Gasteiger partial charge in [0.25, 0.3) is 5.91 Å². The maximum absolute atomic E-state index is 12.2. The number of thioether (sulfide) groups is 2. The van der Waals surface area contributed by atoms with Crippen molar-refractivity contribution in [1.29, 1.82) is 0 Å². The minimum absolute atomic E-state index is 0.279. The zero-order chi connectivity index (χ0) is 16.9. The molecule has 0 saturated carbocycles. The van der Waals surface area contributed by atoms with E-state index < -0.39 is 0 Å². The van der Waals surface area contributed by atoms with E-state index in [2.05, 4.69) is 28.9 Å². The normalized spacial score (nSPS) is 21.5. The Kier molecular flexibility index (Phi) is 5.90. The number of aliphatic imine (C=N–C) groups is 2. The Hall–Kier alpha value is -1.73. The molecule has 0 bridgehead atoms. The van der Waals surface area contributed by atoms with Crippen LogP contribution in [0.5, 0.6) is 0 Å². The minimum atomic E-state index is -0.356. The number of nitrogens with zero attached hydrogens (tertiary/aromatic N) is 2. The molecule has 1 aliphatic rings. The van der Waals surface area contributed by atoms with Gasteiger partial charge in [-0.25, -0.2) is 0 Å². The Bertz CT molecular complexity index is 672. The Labute approximate surface area is 144 Å².